The molecular formula is C54H103NO5. The average molecular weight is 846 g/mol. The molecule has 0 rings (SSSR count). The van der Waals surface area contributed by atoms with Crippen molar-refractivity contribution in [3.63, 3.8) is 0 Å². The molecule has 0 heterocycles. The number of hydrogen-bond acceptors (Lipinski definition) is 5. The number of ether oxygens (including phenoxy) is 1. The second-order valence-electron chi connectivity index (χ2n) is 18.3. The van der Waals surface area contributed by atoms with Gasteiger partial charge in [0.2, 0.25) is 5.91 Å². The average Bonchev–Trinajstić information content (AvgIpc) is 3.24. The molecule has 6 nitrogen and oxygen atoms in total. The predicted molar refractivity (Wildman–Crippen MR) is 260 cm³/mol. The molecule has 3 atom stereocenters. The third-order valence-electron chi connectivity index (χ3n) is 12.3. The van der Waals surface area contributed by atoms with E-state index in [0.717, 1.165) is 64.2 Å². The van der Waals surface area contributed by atoms with Gasteiger partial charge in [-0.25, -0.2) is 0 Å². The Hall–Kier alpha value is -1.66. The van der Waals surface area contributed by atoms with Gasteiger partial charge >= 0.3 is 5.97 Å². The second kappa shape index (κ2) is 48.4. The van der Waals surface area contributed by atoms with E-state index < -0.39 is 18.2 Å². The minimum atomic E-state index is -0.788. The highest BCUT2D eigenvalue weighted by Crippen LogP contribution is 2.18. The lowest BCUT2D eigenvalue weighted by atomic mass is 10.0. The second-order valence-corrected chi connectivity index (χ2v) is 18.3. The molecule has 0 aromatic carbocycles. The van der Waals surface area contributed by atoms with Crippen molar-refractivity contribution in [2.45, 2.75) is 302 Å². The molecule has 0 spiro atoms. The summed E-state index contributed by atoms with van der Waals surface area (Å²) in [6.07, 6.45) is 55.2. The fourth-order valence-electron chi connectivity index (χ4n) is 8.17. The van der Waals surface area contributed by atoms with Gasteiger partial charge in [-0.15, -0.1) is 0 Å². The highest BCUT2D eigenvalue weighted by atomic mass is 16.5. The summed E-state index contributed by atoms with van der Waals surface area (Å²) in [6, 6.07) is -0.702. The number of aliphatic hydroxyl groups excluding tert-OH is 2. The number of carbonyl (C=O) groups excluding carboxylic acids is 2. The van der Waals surface area contributed by atoms with Crippen molar-refractivity contribution < 1.29 is 24.5 Å². The van der Waals surface area contributed by atoms with Crippen molar-refractivity contribution in [3.8, 4) is 0 Å². The minimum Gasteiger partial charge on any atom is -0.462 e. The molecule has 0 saturated carbocycles. The molecule has 60 heavy (non-hydrogen) atoms. The molecule has 0 fully saturated rings. The van der Waals surface area contributed by atoms with E-state index in [1.165, 1.54) is 173 Å². The van der Waals surface area contributed by atoms with E-state index in [-0.39, 0.29) is 24.9 Å². The molecule has 0 aromatic heterocycles. The van der Waals surface area contributed by atoms with Crippen LogP contribution in [-0.2, 0) is 14.3 Å². The molecule has 6 heteroatoms. The number of aliphatic hydroxyl groups is 2. The lowest BCUT2D eigenvalue weighted by Gasteiger charge is -2.24. The Kier molecular flexibility index (Phi) is 47.0. The Morgan fingerprint density at radius 1 is 0.467 bits per heavy atom. The zero-order valence-electron chi connectivity index (χ0n) is 40.4. The maximum Gasteiger partial charge on any atom is 0.306 e. The Morgan fingerprint density at radius 3 is 1.23 bits per heavy atom. The molecule has 0 saturated heterocycles. The van der Waals surface area contributed by atoms with Gasteiger partial charge in [0.25, 0.3) is 0 Å². The standard InChI is InChI=1S/C54H103NO5/c1-4-7-10-13-16-19-22-24-26-28-31-33-36-39-42-45-50(60-54(59)47-44-41-38-35-30-21-18-15-12-9-6-3)48-53(58)55-51(49-56)52(57)46-43-40-37-34-32-29-27-25-23-20-17-14-11-8-5-2/h15,18,24,26,50-52,56-57H,4-14,16-17,19-23,25,27-49H2,1-3H3,(H,55,58)/b18-15-,26-24+. The lowest BCUT2D eigenvalue weighted by Crippen LogP contribution is -2.46. The van der Waals surface area contributed by atoms with Crippen molar-refractivity contribution in [2.75, 3.05) is 6.61 Å². The molecule has 3 unspecified atom stereocenters. The normalized spacial score (nSPS) is 13.3. The number of esters is 1. The number of hydrogen-bond donors (Lipinski definition) is 3. The van der Waals surface area contributed by atoms with Crippen LogP contribution < -0.4 is 5.32 Å². The fourth-order valence-corrected chi connectivity index (χ4v) is 8.17. The zero-order valence-corrected chi connectivity index (χ0v) is 40.4. The van der Waals surface area contributed by atoms with Crippen LogP contribution in [-0.4, -0.2) is 46.9 Å². The van der Waals surface area contributed by atoms with Gasteiger partial charge in [0.1, 0.15) is 6.10 Å². The Labute approximate surface area is 373 Å². The number of carbonyl (C=O) groups is 2. The van der Waals surface area contributed by atoms with E-state index in [2.05, 4.69) is 50.4 Å². The SMILES string of the molecule is CCCC/C=C\CCCCCCCC(=O)OC(CCCCCCC/C=C/CCCCCCCC)CC(=O)NC(CO)C(O)CCCCCCCCCCCCCCCCC. The summed E-state index contributed by atoms with van der Waals surface area (Å²) >= 11 is 0. The molecular weight excluding hydrogens is 743 g/mol. The van der Waals surface area contributed by atoms with Gasteiger partial charge in [-0.2, -0.15) is 0 Å². The van der Waals surface area contributed by atoms with Gasteiger partial charge < -0.3 is 20.3 Å². The van der Waals surface area contributed by atoms with E-state index in [1.807, 2.05) is 0 Å². The molecule has 0 aliphatic carbocycles. The minimum absolute atomic E-state index is 0.0725. The van der Waals surface area contributed by atoms with Crippen LogP contribution in [0.15, 0.2) is 24.3 Å². The summed E-state index contributed by atoms with van der Waals surface area (Å²) in [5.74, 6) is -0.481. The molecule has 1 amide bonds. The van der Waals surface area contributed by atoms with Crippen molar-refractivity contribution in [1.29, 1.82) is 0 Å². The molecule has 0 aliphatic rings. The van der Waals surface area contributed by atoms with Crippen LogP contribution in [0.3, 0.4) is 0 Å². The van der Waals surface area contributed by atoms with E-state index in [0.29, 0.717) is 19.3 Å². The van der Waals surface area contributed by atoms with Crippen molar-refractivity contribution in [3.05, 3.63) is 24.3 Å². The van der Waals surface area contributed by atoms with Crippen LogP contribution in [0.5, 0.6) is 0 Å². The summed E-state index contributed by atoms with van der Waals surface area (Å²) in [6.45, 7) is 6.46. The van der Waals surface area contributed by atoms with Crippen LogP contribution >= 0.6 is 0 Å². The maximum absolute atomic E-state index is 13.2. The van der Waals surface area contributed by atoms with Crippen molar-refractivity contribution in [1.82, 2.24) is 5.32 Å². The van der Waals surface area contributed by atoms with E-state index >= 15 is 0 Å². The summed E-state index contributed by atoms with van der Waals surface area (Å²) < 4.78 is 5.93. The Bertz CT molecular complexity index is 950. The molecule has 0 radical (unpaired) electrons. The first-order valence-electron chi connectivity index (χ1n) is 26.6. The first-order chi connectivity index (χ1) is 29.5. The molecule has 354 valence electrons. The van der Waals surface area contributed by atoms with Crippen LogP contribution in [0.25, 0.3) is 0 Å². The largest absolute Gasteiger partial charge is 0.462 e. The van der Waals surface area contributed by atoms with Crippen molar-refractivity contribution in [2.24, 2.45) is 0 Å². The first kappa shape index (κ1) is 58.3. The van der Waals surface area contributed by atoms with E-state index in [9.17, 15) is 19.8 Å². The lowest BCUT2D eigenvalue weighted by molar-refractivity contribution is -0.151. The fraction of sp³-hybridized carbons (Fsp3) is 0.889. The monoisotopic (exact) mass is 846 g/mol. The number of nitrogens with one attached hydrogen (secondary N) is 1. The van der Waals surface area contributed by atoms with Gasteiger partial charge in [-0.3, -0.25) is 9.59 Å². The summed E-state index contributed by atoms with van der Waals surface area (Å²) in [5.41, 5.74) is 0. The number of amides is 1. The third kappa shape index (κ3) is 43.0. The van der Waals surface area contributed by atoms with Gasteiger partial charge in [0.15, 0.2) is 0 Å². The Balaban J connectivity index is 4.54. The third-order valence-corrected chi connectivity index (χ3v) is 12.3. The number of rotatable bonds is 48. The van der Waals surface area contributed by atoms with Gasteiger partial charge in [-0.05, 0) is 70.6 Å². The number of unbranched alkanes of at least 4 members (excludes halogenated alkanes) is 32. The van der Waals surface area contributed by atoms with E-state index in [4.69, 9.17) is 4.74 Å². The highest BCUT2D eigenvalue weighted by Gasteiger charge is 2.24. The van der Waals surface area contributed by atoms with Gasteiger partial charge in [-0.1, -0.05) is 225 Å². The van der Waals surface area contributed by atoms with Crippen LogP contribution in [0.4, 0.5) is 0 Å². The first-order valence-corrected chi connectivity index (χ1v) is 26.6. The summed E-state index contributed by atoms with van der Waals surface area (Å²) in [5, 5.41) is 23.8. The van der Waals surface area contributed by atoms with Gasteiger partial charge in [0.05, 0.1) is 25.2 Å². The van der Waals surface area contributed by atoms with Crippen molar-refractivity contribution >= 4 is 11.9 Å². The van der Waals surface area contributed by atoms with Gasteiger partial charge in [0, 0.05) is 6.42 Å². The smallest absolute Gasteiger partial charge is 0.306 e. The maximum atomic E-state index is 13.2. The predicted octanol–water partition coefficient (Wildman–Crippen LogP) is 15.9. The quantitative estimate of drug-likeness (QED) is 0.0322. The molecule has 0 bridgehead atoms. The van der Waals surface area contributed by atoms with Crippen LogP contribution in [0, 0.1) is 0 Å². The highest BCUT2D eigenvalue weighted by molar-refractivity contribution is 5.77. The Morgan fingerprint density at radius 2 is 0.817 bits per heavy atom. The molecule has 0 aliphatic heterocycles. The van der Waals surface area contributed by atoms with Crippen LogP contribution in [0.1, 0.15) is 284 Å². The zero-order chi connectivity index (χ0) is 43.8. The molecule has 3 N–H and O–H groups in total. The topological polar surface area (TPSA) is 95.9 Å². The summed E-state index contributed by atoms with van der Waals surface area (Å²) in [7, 11) is 0. The van der Waals surface area contributed by atoms with Crippen LogP contribution in [0.2, 0.25) is 0 Å². The molecule has 0 aromatic rings. The van der Waals surface area contributed by atoms with E-state index in [1.54, 1.807) is 0 Å². The number of allylic oxidation sites excluding steroid dienone is 4. The summed E-state index contributed by atoms with van der Waals surface area (Å²) in [4.78, 5) is 26.1.